The van der Waals surface area contributed by atoms with E-state index in [1.165, 1.54) is 12.8 Å². The Bertz CT molecular complexity index is 615. The van der Waals surface area contributed by atoms with Crippen LogP contribution in [0.4, 0.5) is 5.82 Å². The molecular weight excluding hydrogens is 274 g/mol. The van der Waals surface area contributed by atoms with Crippen molar-refractivity contribution in [1.82, 2.24) is 9.78 Å². The molecule has 3 rings (SSSR count). The molecule has 1 aliphatic heterocycles. The van der Waals surface area contributed by atoms with Gasteiger partial charge in [0, 0.05) is 5.56 Å². The zero-order valence-corrected chi connectivity index (χ0v) is 13.0. The molecule has 1 aliphatic carbocycles. The zero-order valence-electron chi connectivity index (χ0n) is 12.2. The Labute approximate surface area is 120 Å². The summed E-state index contributed by atoms with van der Waals surface area (Å²) in [5, 5.41) is 4.69. The van der Waals surface area contributed by atoms with Crippen LogP contribution in [0.5, 0.6) is 0 Å². The third kappa shape index (κ3) is 2.57. The summed E-state index contributed by atoms with van der Waals surface area (Å²) in [6.45, 7) is 4.25. The molecule has 112 valence electrons. The SMILES string of the molecule is CC(C)c1c(CC2CC2)nn(C2CCS(=O)(=O)C2)c1N. The summed E-state index contributed by atoms with van der Waals surface area (Å²) in [6.07, 6.45) is 4.18. The molecule has 1 aromatic heterocycles. The van der Waals surface area contributed by atoms with Gasteiger partial charge in [-0.15, -0.1) is 0 Å². The monoisotopic (exact) mass is 297 g/mol. The number of nitrogens with zero attached hydrogens (tertiary/aromatic N) is 2. The summed E-state index contributed by atoms with van der Waals surface area (Å²) in [6, 6.07) is -0.0783. The number of anilines is 1. The maximum absolute atomic E-state index is 11.7. The smallest absolute Gasteiger partial charge is 0.152 e. The molecule has 1 atom stereocenters. The summed E-state index contributed by atoms with van der Waals surface area (Å²) < 4.78 is 25.1. The lowest BCUT2D eigenvalue weighted by molar-refractivity contribution is 0.500. The molecule has 1 saturated heterocycles. The van der Waals surface area contributed by atoms with Crippen LogP contribution >= 0.6 is 0 Å². The first-order valence-corrected chi connectivity index (χ1v) is 9.26. The van der Waals surface area contributed by atoms with Crippen LogP contribution in [-0.2, 0) is 16.3 Å². The van der Waals surface area contributed by atoms with Crippen LogP contribution in [0, 0.1) is 5.92 Å². The molecule has 0 spiro atoms. The topological polar surface area (TPSA) is 78.0 Å². The van der Waals surface area contributed by atoms with Crippen molar-refractivity contribution < 1.29 is 8.42 Å². The average Bonchev–Trinajstić information content (AvgIpc) is 2.99. The molecule has 0 radical (unpaired) electrons. The molecule has 1 unspecified atom stereocenters. The normalized spacial score (nSPS) is 25.4. The highest BCUT2D eigenvalue weighted by Gasteiger charge is 2.33. The highest BCUT2D eigenvalue weighted by atomic mass is 32.2. The molecule has 1 saturated carbocycles. The van der Waals surface area contributed by atoms with Gasteiger partial charge in [-0.05, 0) is 37.5 Å². The quantitative estimate of drug-likeness (QED) is 0.920. The fourth-order valence-electron chi connectivity index (χ4n) is 3.13. The van der Waals surface area contributed by atoms with Crippen molar-refractivity contribution in [2.45, 2.75) is 51.5 Å². The Hall–Kier alpha value is -1.04. The van der Waals surface area contributed by atoms with Crippen LogP contribution in [0.15, 0.2) is 0 Å². The highest BCUT2D eigenvalue weighted by Crippen LogP contribution is 2.37. The molecular formula is C14H23N3O2S. The molecule has 2 heterocycles. The second kappa shape index (κ2) is 4.76. The van der Waals surface area contributed by atoms with Gasteiger partial charge in [0.1, 0.15) is 5.82 Å². The molecule has 6 heteroatoms. The van der Waals surface area contributed by atoms with Gasteiger partial charge in [0.2, 0.25) is 0 Å². The van der Waals surface area contributed by atoms with Crippen LogP contribution < -0.4 is 5.73 Å². The third-order valence-corrected chi connectivity index (χ3v) is 6.12. The summed E-state index contributed by atoms with van der Waals surface area (Å²) in [5.41, 5.74) is 8.49. The molecule has 2 aliphatic rings. The molecule has 2 N–H and O–H groups in total. The first kappa shape index (κ1) is 13.9. The first-order valence-electron chi connectivity index (χ1n) is 7.44. The van der Waals surface area contributed by atoms with E-state index >= 15 is 0 Å². The third-order valence-electron chi connectivity index (χ3n) is 4.37. The molecule has 0 aromatic carbocycles. The predicted molar refractivity (Wildman–Crippen MR) is 79.5 cm³/mol. The van der Waals surface area contributed by atoms with Gasteiger partial charge < -0.3 is 5.73 Å². The average molecular weight is 297 g/mol. The number of hydrogen-bond acceptors (Lipinski definition) is 4. The number of hydrogen-bond donors (Lipinski definition) is 1. The first-order chi connectivity index (χ1) is 9.37. The van der Waals surface area contributed by atoms with Crippen LogP contribution in [0.3, 0.4) is 0 Å². The maximum atomic E-state index is 11.7. The van der Waals surface area contributed by atoms with Crippen molar-refractivity contribution in [3.05, 3.63) is 11.3 Å². The Kier molecular flexibility index (Phi) is 3.31. The standard InChI is InChI=1S/C14H23N3O2S/c1-9(2)13-12(7-10-3-4-10)16-17(14(13)15)11-5-6-20(18,19)8-11/h9-11H,3-8,15H2,1-2H3. The van der Waals surface area contributed by atoms with Crippen molar-refractivity contribution in [1.29, 1.82) is 0 Å². The molecule has 1 aromatic rings. The number of nitrogens with two attached hydrogens (primary N) is 1. The number of sulfone groups is 1. The molecule has 0 amide bonds. The van der Waals surface area contributed by atoms with E-state index in [0.717, 1.165) is 23.6 Å². The Balaban J connectivity index is 1.94. The Morgan fingerprint density at radius 3 is 2.55 bits per heavy atom. The van der Waals surface area contributed by atoms with Crippen LogP contribution in [0.25, 0.3) is 0 Å². The van der Waals surface area contributed by atoms with Gasteiger partial charge in [-0.25, -0.2) is 13.1 Å². The van der Waals surface area contributed by atoms with Crippen LogP contribution in [0.1, 0.15) is 56.3 Å². The number of nitrogen functional groups attached to an aromatic ring is 1. The van der Waals surface area contributed by atoms with E-state index in [1.807, 2.05) is 0 Å². The summed E-state index contributed by atoms with van der Waals surface area (Å²) in [7, 11) is -2.91. The molecule has 20 heavy (non-hydrogen) atoms. The van der Waals surface area contributed by atoms with Gasteiger partial charge in [-0.2, -0.15) is 5.10 Å². The minimum Gasteiger partial charge on any atom is -0.384 e. The van der Waals surface area contributed by atoms with Gasteiger partial charge >= 0.3 is 0 Å². The lowest BCUT2D eigenvalue weighted by Crippen LogP contribution is -2.15. The summed E-state index contributed by atoms with van der Waals surface area (Å²) >= 11 is 0. The summed E-state index contributed by atoms with van der Waals surface area (Å²) in [4.78, 5) is 0. The van der Waals surface area contributed by atoms with E-state index in [0.29, 0.717) is 18.2 Å². The van der Waals surface area contributed by atoms with Crippen molar-refractivity contribution >= 4 is 15.7 Å². The lowest BCUT2D eigenvalue weighted by atomic mass is 10.00. The second-order valence-electron chi connectivity index (χ2n) is 6.55. The minimum atomic E-state index is -2.91. The van der Waals surface area contributed by atoms with E-state index in [9.17, 15) is 8.42 Å². The van der Waals surface area contributed by atoms with Gasteiger partial charge in [-0.3, -0.25) is 0 Å². The van der Waals surface area contributed by atoms with E-state index in [-0.39, 0.29) is 17.5 Å². The largest absolute Gasteiger partial charge is 0.384 e. The van der Waals surface area contributed by atoms with E-state index < -0.39 is 9.84 Å². The Morgan fingerprint density at radius 2 is 2.05 bits per heavy atom. The maximum Gasteiger partial charge on any atom is 0.152 e. The Morgan fingerprint density at radius 1 is 1.35 bits per heavy atom. The highest BCUT2D eigenvalue weighted by molar-refractivity contribution is 7.91. The van der Waals surface area contributed by atoms with Gasteiger partial charge in [-0.1, -0.05) is 13.8 Å². The van der Waals surface area contributed by atoms with Crippen molar-refractivity contribution in [2.75, 3.05) is 17.2 Å². The fourth-order valence-corrected chi connectivity index (χ4v) is 4.82. The van der Waals surface area contributed by atoms with Crippen molar-refractivity contribution in [3.63, 3.8) is 0 Å². The minimum absolute atomic E-state index is 0.0783. The predicted octanol–water partition coefficient (Wildman–Crippen LogP) is 1.90. The van der Waals surface area contributed by atoms with E-state index in [1.54, 1.807) is 4.68 Å². The van der Waals surface area contributed by atoms with Crippen LogP contribution in [0.2, 0.25) is 0 Å². The lowest BCUT2D eigenvalue weighted by Gasteiger charge is -2.11. The fraction of sp³-hybridized carbons (Fsp3) is 0.786. The molecule has 0 bridgehead atoms. The van der Waals surface area contributed by atoms with E-state index in [2.05, 4.69) is 18.9 Å². The van der Waals surface area contributed by atoms with Crippen molar-refractivity contribution in [2.24, 2.45) is 5.92 Å². The zero-order chi connectivity index (χ0) is 14.5. The summed E-state index contributed by atoms with van der Waals surface area (Å²) in [5.74, 6) is 2.20. The van der Waals surface area contributed by atoms with Gasteiger partial charge in [0.25, 0.3) is 0 Å². The second-order valence-corrected chi connectivity index (χ2v) is 8.78. The van der Waals surface area contributed by atoms with Gasteiger partial charge in [0.15, 0.2) is 9.84 Å². The van der Waals surface area contributed by atoms with Crippen LogP contribution in [-0.4, -0.2) is 29.7 Å². The number of aromatic nitrogens is 2. The number of rotatable bonds is 4. The molecule has 2 fully saturated rings. The van der Waals surface area contributed by atoms with E-state index in [4.69, 9.17) is 5.73 Å². The molecule has 5 nitrogen and oxygen atoms in total. The van der Waals surface area contributed by atoms with Gasteiger partial charge in [0.05, 0.1) is 23.2 Å². The van der Waals surface area contributed by atoms with Crippen molar-refractivity contribution in [3.8, 4) is 0 Å².